The maximum atomic E-state index is 12.8. The monoisotopic (exact) mass is 241 g/mol. The second kappa shape index (κ2) is 3.73. The Morgan fingerprint density at radius 3 is 2.47 bits per heavy atom. The molecule has 3 nitrogen and oxygen atoms in total. The zero-order valence-corrected chi connectivity index (χ0v) is 8.32. The van der Waals surface area contributed by atoms with Crippen LogP contribution in [0.25, 0.3) is 10.9 Å². The Balaban J connectivity index is 2.90. The summed E-state index contributed by atoms with van der Waals surface area (Å²) in [5, 5.41) is 8.54. The lowest BCUT2D eigenvalue weighted by molar-refractivity contribution is -0.136. The summed E-state index contributed by atoms with van der Waals surface area (Å²) in [6, 6.07) is 5.55. The van der Waals surface area contributed by atoms with Crippen molar-refractivity contribution < 1.29 is 23.1 Å². The Labute approximate surface area is 93.5 Å². The molecule has 0 saturated carbocycles. The summed E-state index contributed by atoms with van der Waals surface area (Å²) in [5.74, 6) is -1.64. The number of hydrogen-bond acceptors (Lipinski definition) is 2. The van der Waals surface area contributed by atoms with E-state index in [1.54, 1.807) is 0 Å². The maximum absolute atomic E-state index is 12.8. The molecule has 88 valence electrons. The van der Waals surface area contributed by atoms with Gasteiger partial charge in [0.05, 0.1) is 16.6 Å². The van der Waals surface area contributed by atoms with Crippen LogP contribution < -0.4 is 0 Å². The lowest BCUT2D eigenvalue weighted by Gasteiger charge is -2.12. The van der Waals surface area contributed by atoms with E-state index in [4.69, 9.17) is 5.11 Å². The molecule has 0 unspecified atom stereocenters. The van der Waals surface area contributed by atoms with Gasteiger partial charge in [-0.1, -0.05) is 18.2 Å². The van der Waals surface area contributed by atoms with Crippen LogP contribution >= 0.6 is 0 Å². The molecule has 1 aromatic heterocycles. The van der Waals surface area contributed by atoms with Crippen LogP contribution in [-0.2, 0) is 6.18 Å². The van der Waals surface area contributed by atoms with Crippen molar-refractivity contribution in [3.05, 3.63) is 41.6 Å². The van der Waals surface area contributed by atoms with Crippen molar-refractivity contribution in [1.82, 2.24) is 4.98 Å². The molecule has 6 heteroatoms. The van der Waals surface area contributed by atoms with E-state index in [0.29, 0.717) is 0 Å². The standard InChI is InChI=1S/C11H6F3NO2/c12-11(13,14)9-6-3-1-2-4-8(6)15-5-7(9)10(16)17/h1-5H,(H,16,17). The first-order chi connectivity index (χ1) is 7.91. The van der Waals surface area contributed by atoms with E-state index in [2.05, 4.69) is 4.98 Å². The maximum Gasteiger partial charge on any atom is 0.417 e. The van der Waals surface area contributed by atoms with E-state index in [9.17, 15) is 18.0 Å². The molecule has 2 rings (SSSR count). The van der Waals surface area contributed by atoms with Crippen molar-refractivity contribution in [3.63, 3.8) is 0 Å². The molecule has 1 N–H and O–H groups in total. The number of aromatic nitrogens is 1. The van der Waals surface area contributed by atoms with Gasteiger partial charge in [0, 0.05) is 11.6 Å². The number of halogens is 3. The second-order valence-electron chi connectivity index (χ2n) is 3.37. The van der Waals surface area contributed by atoms with Gasteiger partial charge in [0.25, 0.3) is 0 Å². The average molecular weight is 241 g/mol. The fourth-order valence-electron chi connectivity index (χ4n) is 1.61. The van der Waals surface area contributed by atoms with Crippen molar-refractivity contribution in [3.8, 4) is 0 Å². The van der Waals surface area contributed by atoms with Gasteiger partial charge in [0.2, 0.25) is 0 Å². The van der Waals surface area contributed by atoms with E-state index < -0.39 is 23.3 Å². The van der Waals surface area contributed by atoms with Crippen LogP contribution in [0.5, 0.6) is 0 Å². The zero-order chi connectivity index (χ0) is 12.6. The topological polar surface area (TPSA) is 50.2 Å². The molecule has 0 aliphatic rings. The predicted octanol–water partition coefficient (Wildman–Crippen LogP) is 2.95. The van der Waals surface area contributed by atoms with Crippen molar-refractivity contribution in [2.24, 2.45) is 0 Å². The second-order valence-corrected chi connectivity index (χ2v) is 3.37. The smallest absolute Gasteiger partial charge is 0.417 e. The summed E-state index contributed by atoms with van der Waals surface area (Å²) in [7, 11) is 0. The summed E-state index contributed by atoms with van der Waals surface area (Å²) in [5.41, 5.74) is -1.88. The van der Waals surface area contributed by atoms with Gasteiger partial charge in [-0.25, -0.2) is 4.79 Å². The van der Waals surface area contributed by atoms with Crippen molar-refractivity contribution >= 4 is 16.9 Å². The molecule has 0 aliphatic heterocycles. The lowest BCUT2D eigenvalue weighted by Crippen LogP contribution is -2.14. The number of carboxylic acids is 1. The summed E-state index contributed by atoms with van der Waals surface area (Å²) < 4.78 is 38.5. The minimum absolute atomic E-state index is 0.116. The third-order valence-corrected chi connectivity index (χ3v) is 2.29. The Morgan fingerprint density at radius 2 is 1.88 bits per heavy atom. The van der Waals surface area contributed by atoms with Crippen LogP contribution in [0.1, 0.15) is 15.9 Å². The highest BCUT2D eigenvalue weighted by Crippen LogP contribution is 2.36. The number of fused-ring (bicyclic) bond motifs is 1. The van der Waals surface area contributed by atoms with Crippen molar-refractivity contribution in [2.45, 2.75) is 6.18 Å². The zero-order valence-electron chi connectivity index (χ0n) is 8.32. The largest absolute Gasteiger partial charge is 0.478 e. The van der Waals surface area contributed by atoms with Crippen LogP contribution in [0.15, 0.2) is 30.5 Å². The normalized spacial score (nSPS) is 11.7. The molecule has 0 amide bonds. The number of rotatable bonds is 1. The Hall–Kier alpha value is -2.11. The number of nitrogens with zero attached hydrogens (tertiary/aromatic N) is 1. The first kappa shape index (κ1) is 11.4. The van der Waals surface area contributed by atoms with Gasteiger partial charge in [0.1, 0.15) is 0 Å². The van der Waals surface area contributed by atoms with E-state index in [-0.39, 0.29) is 10.9 Å². The highest BCUT2D eigenvalue weighted by Gasteiger charge is 2.37. The summed E-state index contributed by atoms with van der Waals surface area (Å²) >= 11 is 0. The molecule has 0 fully saturated rings. The number of carbonyl (C=O) groups is 1. The first-order valence-electron chi connectivity index (χ1n) is 4.59. The highest BCUT2D eigenvalue weighted by molar-refractivity contribution is 5.96. The number of benzene rings is 1. The number of pyridine rings is 1. The number of alkyl halides is 3. The van der Waals surface area contributed by atoms with Gasteiger partial charge in [-0.05, 0) is 6.07 Å². The molecular formula is C11H6F3NO2. The molecule has 17 heavy (non-hydrogen) atoms. The predicted molar refractivity (Wildman–Crippen MR) is 53.7 cm³/mol. The minimum Gasteiger partial charge on any atom is -0.478 e. The number of para-hydroxylation sites is 1. The van der Waals surface area contributed by atoms with Crippen molar-refractivity contribution in [1.29, 1.82) is 0 Å². The third kappa shape index (κ3) is 1.93. The molecule has 0 aliphatic carbocycles. The van der Waals surface area contributed by atoms with Crippen LogP contribution in [0.4, 0.5) is 13.2 Å². The number of hydrogen-bond donors (Lipinski definition) is 1. The summed E-state index contributed by atoms with van der Waals surface area (Å²) in [4.78, 5) is 14.5. The molecule has 2 aromatic rings. The first-order valence-corrected chi connectivity index (χ1v) is 4.59. The van der Waals surface area contributed by atoms with Crippen LogP contribution in [-0.4, -0.2) is 16.1 Å². The third-order valence-electron chi connectivity index (χ3n) is 2.29. The minimum atomic E-state index is -4.73. The van der Waals surface area contributed by atoms with E-state index in [1.165, 1.54) is 24.3 Å². The van der Waals surface area contributed by atoms with Gasteiger partial charge in [-0.15, -0.1) is 0 Å². The van der Waals surface area contributed by atoms with Gasteiger partial charge in [-0.2, -0.15) is 13.2 Å². The lowest BCUT2D eigenvalue weighted by atomic mass is 10.0. The molecule has 1 heterocycles. The number of carboxylic acid groups (broad SMARTS) is 1. The van der Waals surface area contributed by atoms with E-state index in [1.807, 2.05) is 0 Å². The van der Waals surface area contributed by atoms with Crippen LogP contribution in [0, 0.1) is 0 Å². The van der Waals surface area contributed by atoms with Gasteiger partial charge in [-0.3, -0.25) is 4.98 Å². The molecule has 0 atom stereocenters. The number of aromatic carboxylic acids is 1. The SMILES string of the molecule is O=C(O)c1cnc2ccccc2c1C(F)(F)F. The Morgan fingerprint density at radius 1 is 1.24 bits per heavy atom. The molecule has 1 aromatic carbocycles. The summed E-state index contributed by atoms with van der Waals surface area (Å²) in [6.07, 6.45) is -4.00. The quantitative estimate of drug-likeness (QED) is 0.835. The molecule has 0 saturated heterocycles. The molecule has 0 radical (unpaired) electrons. The Kier molecular flexibility index (Phi) is 2.49. The Bertz CT molecular complexity index is 593. The molecule has 0 bridgehead atoms. The highest BCUT2D eigenvalue weighted by atomic mass is 19.4. The van der Waals surface area contributed by atoms with E-state index in [0.717, 1.165) is 6.20 Å². The van der Waals surface area contributed by atoms with Crippen molar-refractivity contribution in [2.75, 3.05) is 0 Å². The average Bonchev–Trinajstić information content (AvgIpc) is 2.26. The van der Waals surface area contributed by atoms with Crippen LogP contribution in [0.2, 0.25) is 0 Å². The van der Waals surface area contributed by atoms with Gasteiger partial charge < -0.3 is 5.11 Å². The fraction of sp³-hybridized carbons (Fsp3) is 0.0909. The van der Waals surface area contributed by atoms with Crippen LogP contribution in [0.3, 0.4) is 0 Å². The fourth-order valence-corrected chi connectivity index (χ4v) is 1.61. The van der Waals surface area contributed by atoms with E-state index >= 15 is 0 Å². The summed E-state index contributed by atoms with van der Waals surface area (Å²) in [6.45, 7) is 0. The molecule has 0 spiro atoms. The van der Waals surface area contributed by atoms with Gasteiger partial charge in [0.15, 0.2) is 0 Å². The molecular weight excluding hydrogens is 235 g/mol. The van der Waals surface area contributed by atoms with Gasteiger partial charge >= 0.3 is 12.1 Å².